The Balaban J connectivity index is 3.23. The molecule has 0 radical (unpaired) electrons. The van der Waals surface area contributed by atoms with E-state index in [1.54, 1.807) is 18.7 Å². The van der Waals surface area contributed by atoms with E-state index >= 15 is 0 Å². The van der Waals surface area contributed by atoms with Crippen molar-refractivity contribution in [3.63, 3.8) is 0 Å². The lowest BCUT2D eigenvalue weighted by Gasteiger charge is -2.13. The quantitative estimate of drug-likeness (QED) is 0.519. The largest absolute Gasteiger partial charge is 0.298 e. The Labute approximate surface area is 102 Å². The predicted molar refractivity (Wildman–Crippen MR) is 67.8 cm³/mol. The van der Waals surface area contributed by atoms with Gasteiger partial charge in [0.05, 0.1) is 4.83 Å². The van der Waals surface area contributed by atoms with Crippen LogP contribution in [0.2, 0.25) is 0 Å². The van der Waals surface area contributed by atoms with Crippen molar-refractivity contribution in [3.05, 3.63) is 23.8 Å². The fraction of sp³-hybridized carbons (Fsp3) is 0.300. The lowest BCUT2D eigenvalue weighted by atomic mass is 10.1. The molecule has 0 aliphatic carbocycles. The zero-order chi connectivity index (χ0) is 10.7. The van der Waals surface area contributed by atoms with Crippen LogP contribution in [0.1, 0.15) is 17.3 Å². The van der Waals surface area contributed by atoms with Gasteiger partial charge in [-0.05, 0) is 25.3 Å². The van der Waals surface area contributed by atoms with Gasteiger partial charge in [0, 0.05) is 15.4 Å². The van der Waals surface area contributed by atoms with Crippen LogP contribution >= 0.6 is 40.3 Å². The van der Waals surface area contributed by atoms with Gasteiger partial charge in [-0.3, -0.25) is 4.79 Å². The summed E-state index contributed by atoms with van der Waals surface area (Å²) in [5, 5.41) is 0. The summed E-state index contributed by atoms with van der Waals surface area (Å²) in [4.78, 5) is 13.0. The summed E-state index contributed by atoms with van der Waals surface area (Å²) in [6.07, 6.45) is 1.99. The molecule has 1 rings (SSSR count). The van der Waals surface area contributed by atoms with Crippen molar-refractivity contribution < 1.29 is 4.79 Å². The van der Waals surface area contributed by atoms with Gasteiger partial charge in [-0.25, -0.2) is 0 Å². The van der Waals surface area contributed by atoms with Crippen LogP contribution in [-0.4, -0.2) is 12.0 Å². The minimum absolute atomic E-state index is 0.0989. The Morgan fingerprint density at radius 2 is 2.21 bits per heavy atom. The smallest absolute Gasteiger partial charge is 0.147 e. The summed E-state index contributed by atoms with van der Waals surface area (Å²) in [6, 6.07) is 5.84. The molecule has 0 N–H and O–H groups in total. The highest BCUT2D eigenvalue weighted by atomic mass is 79.9. The highest BCUT2D eigenvalue weighted by Gasteiger charge is 2.18. The maximum atomic E-state index is 11.3. The number of rotatable bonds is 3. The fourth-order valence-corrected chi connectivity index (χ4v) is 3.06. The molecule has 0 spiro atoms. The van der Waals surface area contributed by atoms with Gasteiger partial charge >= 0.3 is 0 Å². The van der Waals surface area contributed by atoms with E-state index in [9.17, 15) is 4.79 Å². The molecule has 1 nitrogen and oxygen atoms in total. The number of hydrogen-bond acceptors (Lipinski definition) is 3. The molecule has 1 unspecified atom stereocenters. The third kappa shape index (κ3) is 2.55. The first-order chi connectivity index (χ1) is 6.57. The number of carbonyl (C=O) groups excluding carboxylic acids is 1. The fourth-order valence-electron chi connectivity index (χ4n) is 1.17. The zero-order valence-corrected chi connectivity index (χ0v) is 11.2. The van der Waals surface area contributed by atoms with Crippen LogP contribution in [0.5, 0.6) is 0 Å². The van der Waals surface area contributed by atoms with Gasteiger partial charge in [-0.15, -0.1) is 24.4 Å². The molecule has 0 saturated heterocycles. The van der Waals surface area contributed by atoms with Gasteiger partial charge in [0.1, 0.15) is 5.78 Å². The molecule has 0 fully saturated rings. The normalized spacial score (nSPS) is 12.6. The molecule has 0 aliphatic rings. The Kier molecular flexibility index (Phi) is 4.54. The third-order valence-electron chi connectivity index (χ3n) is 1.87. The molecule has 0 aliphatic heterocycles. The second kappa shape index (κ2) is 5.24. The van der Waals surface area contributed by atoms with Crippen molar-refractivity contribution in [3.8, 4) is 0 Å². The Morgan fingerprint density at radius 1 is 1.57 bits per heavy atom. The van der Waals surface area contributed by atoms with Crippen LogP contribution in [0, 0.1) is 0 Å². The summed E-state index contributed by atoms with van der Waals surface area (Å²) in [5.74, 6) is 0.0989. The predicted octanol–water partition coefficient (Wildman–Crippen LogP) is 3.72. The second-order valence-electron chi connectivity index (χ2n) is 2.87. The Bertz CT molecular complexity index is 352. The monoisotopic (exact) mass is 290 g/mol. The molecular weight excluding hydrogens is 280 g/mol. The average molecular weight is 291 g/mol. The number of Topliss-reactive ketones (excluding diaryl/α,β-unsaturated/α-hetero) is 1. The Hall–Kier alpha value is 0.0700. The molecule has 0 amide bonds. The first-order valence-electron chi connectivity index (χ1n) is 4.08. The number of hydrogen-bond donors (Lipinski definition) is 1. The summed E-state index contributed by atoms with van der Waals surface area (Å²) in [5.41, 5.74) is 0.968. The number of alkyl halides is 1. The van der Waals surface area contributed by atoms with Crippen molar-refractivity contribution in [1.29, 1.82) is 0 Å². The van der Waals surface area contributed by atoms with E-state index in [4.69, 9.17) is 0 Å². The Morgan fingerprint density at radius 3 is 2.71 bits per heavy atom. The van der Waals surface area contributed by atoms with E-state index in [0.717, 1.165) is 15.4 Å². The van der Waals surface area contributed by atoms with Crippen molar-refractivity contribution in [2.75, 3.05) is 6.26 Å². The first-order valence-corrected chi connectivity index (χ1v) is 6.67. The summed E-state index contributed by atoms with van der Waals surface area (Å²) >= 11 is 9.37. The molecule has 1 atom stereocenters. The van der Waals surface area contributed by atoms with Crippen LogP contribution < -0.4 is 0 Å². The average Bonchev–Trinajstić information content (AvgIpc) is 2.16. The molecule has 4 heteroatoms. The van der Waals surface area contributed by atoms with Crippen LogP contribution in [0.15, 0.2) is 28.0 Å². The van der Waals surface area contributed by atoms with Gasteiger partial charge in [0.2, 0.25) is 0 Å². The number of carbonyl (C=O) groups is 1. The lowest BCUT2D eigenvalue weighted by molar-refractivity contribution is -0.116. The molecule has 14 heavy (non-hydrogen) atoms. The van der Waals surface area contributed by atoms with Crippen molar-refractivity contribution in [2.24, 2.45) is 0 Å². The van der Waals surface area contributed by atoms with E-state index in [1.807, 2.05) is 24.5 Å². The van der Waals surface area contributed by atoms with E-state index in [0.29, 0.717) is 0 Å². The van der Waals surface area contributed by atoms with E-state index in [-0.39, 0.29) is 10.6 Å². The third-order valence-corrected chi connectivity index (χ3v) is 4.16. The number of halogens is 1. The number of thiol groups is 1. The van der Waals surface area contributed by atoms with Crippen LogP contribution in [0.3, 0.4) is 0 Å². The van der Waals surface area contributed by atoms with E-state index < -0.39 is 0 Å². The van der Waals surface area contributed by atoms with Crippen LogP contribution in [0.4, 0.5) is 0 Å². The summed E-state index contributed by atoms with van der Waals surface area (Å²) < 4.78 is 0. The molecule has 0 aromatic heterocycles. The van der Waals surface area contributed by atoms with Crippen molar-refractivity contribution >= 4 is 46.1 Å². The van der Waals surface area contributed by atoms with Gasteiger partial charge in [-0.1, -0.05) is 22.0 Å². The number of benzene rings is 1. The van der Waals surface area contributed by atoms with Gasteiger partial charge in [0.25, 0.3) is 0 Å². The lowest BCUT2D eigenvalue weighted by Crippen LogP contribution is -2.03. The van der Waals surface area contributed by atoms with Gasteiger partial charge in [0.15, 0.2) is 0 Å². The van der Waals surface area contributed by atoms with Crippen molar-refractivity contribution in [2.45, 2.75) is 21.5 Å². The summed E-state index contributed by atoms with van der Waals surface area (Å²) in [6.45, 7) is 1.57. The van der Waals surface area contributed by atoms with Gasteiger partial charge < -0.3 is 0 Å². The SMILES string of the molecule is CSc1cccc(S)c1C(Br)C(C)=O. The molecular formula is C10H11BrOS2. The minimum Gasteiger partial charge on any atom is -0.298 e. The standard InChI is InChI=1S/C10H11BrOS2/c1-6(12)10(11)9-7(13)4-3-5-8(9)14-2/h3-5,10,13H,1-2H3. The zero-order valence-electron chi connectivity index (χ0n) is 7.95. The van der Waals surface area contributed by atoms with E-state index in [1.165, 1.54) is 0 Å². The molecule has 0 bridgehead atoms. The molecule has 0 saturated carbocycles. The molecule has 76 valence electrons. The van der Waals surface area contributed by atoms with Crippen molar-refractivity contribution in [1.82, 2.24) is 0 Å². The molecule has 0 heterocycles. The van der Waals surface area contributed by atoms with E-state index in [2.05, 4.69) is 28.6 Å². The first kappa shape index (κ1) is 12.1. The van der Waals surface area contributed by atoms with Crippen LogP contribution in [-0.2, 0) is 4.79 Å². The maximum absolute atomic E-state index is 11.3. The topological polar surface area (TPSA) is 17.1 Å². The number of thioether (sulfide) groups is 1. The highest BCUT2D eigenvalue weighted by molar-refractivity contribution is 9.09. The second-order valence-corrected chi connectivity index (χ2v) is 5.11. The molecule has 1 aromatic rings. The summed E-state index contributed by atoms with van der Waals surface area (Å²) in [7, 11) is 0. The van der Waals surface area contributed by atoms with Gasteiger partial charge in [-0.2, -0.15) is 0 Å². The molecule has 1 aromatic carbocycles. The minimum atomic E-state index is -0.251. The highest BCUT2D eigenvalue weighted by Crippen LogP contribution is 2.36. The van der Waals surface area contributed by atoms with Crippen LogP contribution in [0.25, 0.3) is 0 Å². The maximum Gasteiger partial charge on any atom is 0.147 e. The number of ketones is 1.